The van der Waals surface area contributed by atoms with Crippen LogP contribution in [0.4, 0.5) is 0 Å². The summed E-state index contributed by atoms with van der Waals surface area (Å²) in [4.78, 5) is 0. The fraction of sp³-hybridized carbons (Fsp3) is 0.229. The Bertz CT molecular complexity index is 2150. The smallest absolute Gasteiger partial charge is 0 e. The summed E-state index contributed by atoms with van der Waals surface area (Å²) in [5.41, 5.74) is 20.7. The van der Waals surface area contributed by atoms with E-state index in [1.54, 1.807) is 0 Å². The molecule has 0 aliphatic rings. The van der Waals surface area contributed by atoms with E-state index in [1.807, 2.05) is 91.0 Å². The van der Waals surface area contributed by atoms with Crippen molar-refractivity contribution >= 4 is 73.3 Å². The molecule has 0 fully saturated rings. The zero-order valence-electron chi connectivity index (χ0n) is 48.0. The Kier molecular flexibility index (Phi) is 62.4. The second-order valence-corrected chi connectivity index (χ2v) is 18.0. The van der Waals surface area contributed by atoms with Crippen LogP contribution in [0.25, 0.3) is 0 Å². The van der Waals surface area contributed by atoms with Gasteiger partial charge in [0.2, 0.25) is 0 Å². The van der Waals surface area contributed by atoms with E-state index < -0.39 is 0 Å². The van der Waals surface area contributed by atoms with Crippen LogP contribution in [0, 0.1) is 243 Å². The Morgan fingerprint density at radius 3 is 0.474 bits per heavy atom. The van der Waals surface area contributed by atoms with Crippen molar-refractivity contribution < 1.29 is 115 Å². The summed E-state index contributed by atoms with van der Waals surface area (Å²) in [6.45, 7) is 33.3. The average molecular weight is 1780 g/mol. The third-order valence-electron chi connectivity index (χ3n) is 9.76. The summed E-state index contributed by atoms with van der Waals surface area (Å²) in [5, 5.41) is 0. The van der Waals surface area contributed by atoms with Gasteiger partial charge in [-0.05, 0) is 6.92 Å². The Hall–Kier alpha value is -0.747. The fourth-order valence-electron chi connectivity index (χ4n) is 6.68. The molecule has 9 radical (unpaired) electrons. The van der Waals surface area contributed by atoms with Crippen molar-refractivity contribution in [2.45, 2.75) is 111 Å². The molecule has 6 heteroatoms. The standard InChI is InChI=1S/3C9H11.C7H8.6C6H7.3Dy.3Sb/c3*1-7-4-8(2)6-9(3)5-7;1-7-5-3-2-4-6-7;6*1-6-4-2-3-5-6;;;;;;/h3*4-5H,1-3H3;2-6H,1H3;6*2-5H,1H3;;;;;;/q3*-1;;6*-1;;;;;;. The summed E-state index contributed by atoms with van der Waals surface area (Å²) in [7, 11) is 0. The first kappa shape index (κ1) is 86.5. The first-order valence-corrected chi connectivity index (χ1v) is 24.3. The van der Waals surface area contributed by atoms with Gasteiger partial charge in [-0.25, -0.2) is 72.8 Å². The molecular weight excluding hydrogens is 1690 g/mol. The molecule has 0 amide bonds. The van der Waals surface area contributed by atoms with Crippen molar-refractivity contribution in [3.8, 4) is 0 Å². The van der Waals surface area contributed by atoms with Crippen LogP contribution in [0.15, 0.2) is 212 Å². The van der Waals surface area contributed by atoms with E-state index in [4.69, 9.17) is 0 Å². The van der Waals surface area contributed by atoms with Crippen molar-refractivity contribution in [3.05, 3.63) is 320 Å². The second kappa shape index (κ2) is 54.8. The van der Waals surface area contributed by atoms with Crippen LogP contribution in [0.5, 0.6) is 0 Å². The van der Waals surface area contributed by atoms with Crippen LogP contribution in [0.3, 0.4) is 0 Å². The Morgan fingerprint density at radius 1 is 0.224 bits per heavy atom. The molecule has 0 aliphatic carbocycles. The van der Waals surface area contributed by atoms with E-state index in [9.17, 15) is 0 Å². The van der Waals surface area contributed by atoms with Crippen molar-refractivity contribution in [2.75, 3.05) is 0 Å². The van der Waals surface area contributed by atoms with Crippen molar-refractivity contribution in [1.29, 1.82) is 0 Å². The molecule has 10 aromatic rings. The maximum absolute atomic E-state index is 3.21. The van der Waals surface area contributed by atoms with E-state index >= 15 is 0 Å². The summed E-state index contributed by atoms with van der Waals surface area (Å²) in [5.74, 6) is 0. The largest absolute Gasteiger partial charge is 0.213 e. The molecule has 0 spiro atoms. The second-order valence-electron chi connectivity index (χ2n) is 18.0. The predicted octanol–water partition coefficient (Wildman–Crippen LogP) is 18.4. The van der Waals surface area contributed by atoms with E-state index in [0.717, 1.165) is 0 Å². The van der Waals surface area contributed by atoms with Gasteiger partial charge in [0.05, 0.1) is 0 Å². The van der Waals surface area contributed by atoms with Gasteiger partial charge in [0, 0.05) is 188 Å². The fourth-order valence-corrected chi connectivity index (χ4v) is 6.68. The van der Waals surface area contributed by atoms with Gasteiger partial charge in [-0.15, -0.1) is 0 Å². The molecule has 0 atom stereocenters. The molecule has 0 bridgehead atoms. The topological polar surface area (TPSA) is 0 Å². The van der Waals surface area contributed by atoms with Gasteiger partial charge in [-0.3, -0.25) is 0 Å². The van der Waals surface area contributed by atoms with E-state index in [1.165, 1.54) is 89.0 Å². The van der Waals surface area contributed by atoms with Gasteiger partial charge in [0.15, 0.2) is 0 Å². The molecule has 10 aromatic carbocycles. The van der Waals surface area contributed by atoms with E-state index in [0.29, 0.717) is 0 Å². The molecule has 76 heavy (non-hydrogen) atoms. The maximum Gasteiger partial charge on any atom is 0 e. The third kappa shape index (κ3) is 52.6. The summed E-state index contributed by atoms with van der Waals surface area (Å²) < 4.78 is 0. The maximum atomic E-state index is 3.21. The Morgan fingerprint density at radius 2 is 0.395 bits per heavy atom. The SMILES string of the molecule is Cc1[c-]c(C)cc(C)c1.Cc1[c-]c(C)cc(C)c1.Cc1[c-]c(C)cc(C)c1.Cc1ccc[cH-]1.Cc1ccc[cH-]1.Cc1ccc[cH-]1.Cc1ccc[cH-]1.Cc1ccc[cH-]1.Cc1ccc[cH-]1.Cc1ccccc1.[Dy].[Dy].[Dy].[Sb].[Sb].[Sb]. The number of rotatable bonds is 0. The van der Waals surface area contributed by atoms with Crippen LogP contribution in [0.1, 0.15) is 89.0 Å². The average Bonchev–Trinajstić information content (AvgIpc) is 4.14. The van der Waals surface area contributed by atoms with Crippen LogP contribution in [0.2, 0.25) is 0 Å². The first-order valence-electron chi connectivity index (χ1n) is 24.3. The minimum atomic E-state index is 0. The summed E-state index contributed by atoms with van der Waals surface area (Å²) in [6.07, 6.45) is 0. The minimum Gasteiger partial charge on any atom is -0.213 e. The quantitative estimate of drug-likeness (QED) is 0.105. The van der Waals surface area contributed by atoms with Gasteiger partial charge in [-0.2, -0.15) is 211 Å². The molecule has 0 saturated heterocycles. The Balaban J connectivity index is -0.000000178. The minimum absolute atomic E-state index is 0. The zero-order valence-corrected chi connectivity index (χ0v) is 61.7. The molecule has 0 aliphatic heterocycles. The van der Waals surface area contributed by atoms with Gasteiger partial charge < -0.3 is 0 Å². The Labute approximate surface area is 608 Å². The monoisotopic (exact) mass is 1780 g/mol. The van der Waals surface area contributed by atoms with Crippen molar-refractivity contribution in [2.24, 2.45) is 0 Å². The van der Waals surface area contributed by atoms with Gasteiger partial charge in [0.25, 0.3) is 0 Å². The molecule has 0 nitrogen and oxygen atoms in total. The zero-order chi connectivity index (χ0) is 52.1. The van der Waals surface area contributed by atoms with Crippen LogP contribution in [-0.4, -0.2) is 73.3 Å². The van der Waals surface area contributed by atoms with E-state index in [-0.39, 0.29) is 188 Å². The number of hydrogen-bond acceptors (Lipinski definition) is 0. The predicted molar refractivity (Wildman–Crippen MR) is 328 cm³/mol. The molecular formula is C70H83Dy3Sb3-9. The van der Waals surface area contributed by atoms with Crippen LogP contribution >= 0.6 is 0 Å². The normalized spacial score (nSPS) is 8.42. The molecule has 0 aromatic heterocycles. The summed E-state index contributed by atoms with van der Waals surface area (Å²) in [6, 6.07) is 82.1. The van der Waals surface area contributed by atoms with Gasteiger partial charge in [0.1, 0.15) is 0 Å². The van der Waals surface area contributed by atoms with Crippen LogP contribution < -0.4 is 0 Å². The van der Waals surface area contributed by atoms with Crippen molar-refractivity contribution in [1.82, 2.24) is 0 Å². The molecule has 0 saturated carbocycles. The molecule has 0 heterocycles. The number of aryl methyl sites for hydroxylation is 16. The molecule has 0 N–H and O–H groups in total. The number of benzene rings is 4. The van der Waals surface area contributed by atoms with Gasteiger partial charge >= 0.3 is 0 Å². The molecule has 0 unspecified atom stereocenters. The first-order chi connectivity index (χ1) is 33.3. The summed E-state index contributed by atoms with van der Waals surface area (Å²) >= 11 is 0. The molecule has 417 valence electrons. The molecule has 10 rings (SSSR count). The van der Waals surface area contributed by atoms with E-state index in [2.05, 4.69) is 250 Å². The van der Waals surface area contributed by atoms with Crippen LogP contribution in [-0.2, 0) is 0 Å². The third-order valence-corrected chi connectivity index (χ3v) is 9.76. The number of hydrogen-bond donors (Lipinski definition) is 0. The van der Waals surface area contributed by atoms with Crippen molar-refractivity contribution in [3.63, 3.8) is 0 Å². The van der Waals surface area contributed by atoms with Gasteiger partial charge in [-0.1, -0.05) is 140 Å².